The number of benzene rings is 4. The minimum atomic E-state index is -0.874. The van der Waals surface area contributed by atoms with Crippen LogP contribution in [0.15, 0.2) is 108 Å². The molecule has 0 radical (unpaired) electrons. The van der Waals surface area contributed by atoms with Crippen molar-refractivity contribution in [3.63, 3.8) is 0 Å². The number of aliphatic hydroxyl groups excluding tert-OH is 1. The fraction of sp³-hybridized carbons (Fsp3) is 0.318. The fourth-order valence-corrected chi connectivity index (χ4v) is 8.62. The number of carboxylic acid groups (broad SMARTS) is 1. The SMILES string of the molecule is O=C(O)N(c1cc(CCCCn2ccc3cc(CNC[C@H](O)c4ccc(O)c5[nH]c(=O)ccc45)ccc32)ccc1-c1ccccc1)C1CN2CCC1CC2. The molecule has 54 heavy (non-hydrogen) atoms. The Morgan fingerprint density at radius 3 is 2.52 bits per heavy atom. The molecule has 3 fully saturated rings. The van der Waals surface area contributed by atoms with Crippen molar-refractivity contribution in [3.05, 3.63) is 130 Å². The molecule has 0 aliphatic carbocycles. The van der Waals surface area contributed by atoms with Crippen LogP contribution in [0.4, 0.5) is 10.5 Å². The third-order valence-corrected chi connectivity index (χ3v) is 11.4. The Hall–Kier alpha value is -5.42. The van der Waals surface area contributed by atoms with Gasteiger partial charge in [0.1, 0.15) is 5.75 Å². The van der Waals surface area contributed by atoms with Gasteiger partial charge in [0, 0.05) is 54.9 Å². The lowest BCUT2D eigenvalue weighted by Gasteiger charge is -2.48. The van der Waals surface area contributed by atoms with Gasteiger partial charge in [-0.1, -0.05) is 54.6 Å². The summed E-state index contributed by atoms with van der Waals surface area (Å²) in [7, 11) is 0. The number of hydrogen-bond donors (Lipinski definition) is 5. The van der Waals surface area contributed by atoms with E-state index in [1.54, 1.807) is 17.0 Å². The van der Waals surface area contributed by atoms with E-state index in [-0.39, 0.29) is 17.4 Å². The zero-order valence-corrected chi connectivity index (χ0v) is 30.3. The highest BCUT2D eigenvalue weighted by molar-refractivity contribution is 5.94. The smallest absolute Gasteiger partial charge is 0.412 e. The molecule has 10 heteroatoms. The van der Waals surface area contributed by atoms with Crippen molar-refractivity contribution in [3.8, 4) is 16.9 Å². The second kappa shape index (κ2) is 15.5. The van der Waals surface area contributed by atoms with Gasteiger partial charge in [0.05, 0.1) is 23.3 Å². The highest BCUT2D eigenvalue weighted by Crippen LogP contribution is 2.39. The lowest BCUT2D eigenvalue weighted by molar-refractivity contribution is 0.0837. The molecular formula is C44H47N5O5. The number of amides is 1. The number of unbranched alkanes of at least 4 members (excludes halogenated alkanes) is 1. The third kappa shape index (κ3) is 7.37. The number of aryl methyl sites for hydroxylation is 2. The summed E-state index contributed by atoms with van der Waals surface area (Å²) in [6.45, 7) is 4.69. The Bertz CT molecular complexity index is 2330. The highest BCUT2D eigenvalue weighted by atomic mass is 16.4. The van der Waals surface area contributed by atoms with Gasteiger partial charge in [0.2, 0.25) is 5.56 Å². The van der Waals surface area contributed by atoms with Gasteiger partial charge in [-0.3, -0.25) is 9.69 Å². The monoisotopic (exact) mass is 725 g/mol. The molecule has 9 rings (SSSR count). The van der Waals surface area contributed by atoms with Crippen LogP contribution in [0, 0.1) is 5.92 Å². The molecule has 5 N–H and O–H groups in total. The van der Waals surface area contributed by atoms with Crippen molar-refractivity contribution in [2.24, 2.45) is 5.92 Å². The van der Waals surface area contributed by atoms with Gasteiger partial charge in [-0.05, 0) is 115 Å². The first-order valence-electron chi connectivity index (χ1n) is 19.1. The van der Waals surface area contributed by atoms with Crippen molar-refractivity contribution in [1.82, 2.24) is 19.8 Å². The molecule has 278 valence electrons. The van der Waals surface area contributed by atoms with E-state index < -0.39 is 12.2 Å². The summed E-state index contributed by atoms with van der Waals surface area (Å²) < 4.78 is 2.29. The molecule has 2 aromatic heterocycles. The van der Waals surface area contributed by atoms with Gasteiger partial charge in [-0.25, -0.2) is 4.79 Å². The molecular weight excluding hydrogens is 679 g/mol. The topological polar surface area (TPSA) is 134 Å². The Kier molecular flexibility index (Phi) is 10.2. The molecule has 4 aromatic carbocycles. The van der Waals surface area contributed by atoms with Crippen LogP contribution in [0.1, 0.15) is 48.5 Å². The first-order valence-corrected chi connectivity index (χ1v) is 19.1. The molecule has 3 aliphatic rings. The first-order chi connectivity index (χ1) is 26.3. The molecule has 2 atom stereocenters. The number of phenols is 1. The Labute approximate surface area is 314 Å². The second-order valence-corrected chi connectivity index (χ2v) is 14.9. The van der Waals surface area contributed by atoms with E-state index in [1.807, 2.05) is 18.2 Å². The van der Waals surface area contributed by atoms with Crippen molar-refractivity contribution in [2.75, 3.05) is 31.1 Å². The zero-order valence-electron chi connectivity index (χ0n) is 30.3. The van der Waals surface area contributed by atoms with E-state index in [2.05, 4.69) is 80.6 Å². The summed E-state index contributed by atoms with van der Waals surface area (Å²) >= 11 is 0. The van der Waals surface area contributed by atoms with E-state index in [0.29, 0.717) is 35.5 Å². The average molecular weight is 726 g/mol. The summed E-state index contributed by atoms with van der Waals surface area (Å²) in [4.78, 5) is 31.4. The molecule has 3 saturated heterocycles. The molecule has 6 aromatic rings. The van der Waals surface area contributed by atoms with E-state index in [9.17, 15) is 24.9 Å². The number of aromatic amines is 1. The quantitative estimate of drug-likeness (QED) is 0.0791. The first kappa shape index (κ1) is 35.6. The van der Waals surface area contributed by atoms with Gasteiger partial charge in [0.15, 0.2) is 0 Å². The number of phenolic OH excluding ortho intramolecular Hbond substituents is 1. The average Bonchev–Trinajstić information content (AvgIpc) is 3.59. The maximum absolute atomic E-state index is 13.0. The molecule has 0 saturated carbocycles. The summed E-state index contributed by atoms with van der Waals surface area (Å²) in [5.41, 5.74) is 6.88. The summed E-state index contributed by atoms with van der Waals surface area (Å²) in [5, 5.41) is 36.8. The van der Waals surface area contributed by atoms with Crippen molar-refractivity contribution in [1.29, 1.82) is 0 Å². The number of pyridine rings is 1. The number of rotatable bonds is 13. The second-order valence-electron chi connectivity index (χ2n) is 14.9. The van der Waals surface area contributed by atoms with E-state index in [1.165, 1.54) is 17.6 Å². The number of hydrogen-bond acceptors (Lipinski definition) is 6. The van der Waals surface area contributed by atoms with Gasteiger partial charge in [0.25, 0.3) is 0 Å². The predicted molar refractivity (Wildman–Crippen MR) is 213 cm³/mol. The molecule has 2 bridgehead atoms. The van der Waals surface area contributed by atoms with Crippen molar-refractivity contribution in [2.45, 2.75) is 57.3 Å². The number of fused-ring (bicyclic) bond motifs is 5. The number of nitrogens with one attached hydrogen (secondary N) is 2. The summed E-state index contributed by atoms with van der Waals surface area (Å²) in [6, 6.07) is 31.3. The van der Waals surface area contributed by atoms with Crippen LogP contribution in [0.2, 0.25) is 0 Å². The Morgan fingerprint density at radius 2 is 1.74 bits per heavy atom. The largest absolute Gasteiger partial charge is 0.506 e. The van der Waals surface area contributed by atoms with E-state index in [4.69, 9.17) is 0 Å². The van der Waals surface area contributed by atoms with Crippen LogP contribution < -0.4 is 15.8 Å². The van der Waals surface area contributed by atoms with Crippen LogP contribution in [-0.4, -0.2) is 68.1 Å². The Morgan fingerprint density at radius 1 is 0.926 bits per heavy atom. The fourth-order valence-electron chi connectivity index (χ4n) is 8.62. The number of aliphatic hydroxyl groups is 1. The maximum atomic E-state index is 13.0. The highest BCUT2D eigenvalue weighted by Gasteiger charge is 2.40. The van der Waals surface area contributed by atoms with Crippen LogP contribution in [0.25, 0.3) is 32.9 Å². The molecule has 0 spiro atoms. The van der Waals surface area contributed by atoms with Gasteiger partial charge < -0.3 is 35.1 Å². The number of piperidine rings is 3. The van der Waals surface area contributed by atoms with Gasteiger partial charge >= 0.3 is 6.09 Å². The van der Waals surface area contributed by atoms with Crippen LogP contribution >= 0.6 is 0 Å². The van der Waals surface area contributed by atoms with E-state index in [0.717, 1.165) is 91.6 Å². The molecule has 5 heterocycles. The lowest BCUT2D eigenvalue weighted by atomic mass is 9.82. The molecule has 1 unspecified atom stereocenters. The van der Waals surface area contributed by atoms with Gasteiger partial charge in [-0.2, -0.15) is 0 Å². The van der Waals surface area contributed by atoms with Crippen LogP contribution in [0.3, 0.4) is 0 Å². The molecule has 10 nitrogen and oxygen atoms in total. The third-order valence-electron chi connectivity index (χ3n) is 11.4. The standard InChI is InChI=1S/C44H47N5O5/c50-40-15-12-35(36-13-16-42(52)46-43(36)40)41(51)27-45-26-30-10-14-37-33(24-30)19-23-48(37)20-5-4-6-29-9-11-34(31-7-2-1-3-8-31)38(25-29)49(44(53)54)39-28-47-21-17-32(39)18-22-47/h1-3,7-16,19,23-25,32,39,41,45,50-51H,4-6,17-18,20-22,26-28H2,(H,46,52)(H,53,54)/t39?,41-/m0/s1. The molecule has 1 amide bonds. The van der Waals surface area contributed by atoms with Crippen molar-refractivity contribution >= 4 is 33.6 Å². The van der Waals surface area contributed by atoms with Crippen LogP contribution in [0.5, 0.6) is 5.75 Å². The predicted octanol–water partition coefficient (Wildman–Crippen LogP) is 7.28. The Balaban J connectivity index is 0.896. The number of nitrogens with zero attached hydrogens (tertiary/aromatic N) is 3. The van der Waals surface area contributed by atoms with Crippen molar-refractivity contribution < 1.29 is 20.1 Å². The molecule has 3 aliphatic heterocycles. The summed E-state index contributed by atoms with van der Waals surface area (Å²) in [6.07, 6.45) is 5.38. The van der Waals surface area contributed by atoms with Gasteiger partial charge in [-0.15, -0.1) is 0 Å². The number of aromatic hydroxyl groups is 1. The zero-order chi connectivity index (χ0) is 37.2. The number of anilines is 1. The summed E-state index contributed by atoms with van der Waals surface area (Å²) in [5.74, 6) is 0.362. The number of aromatic nitrogens is 2. The normalized spacial score (nSPS) is 18.6. The number of carbonyl (C=O) groups is 1. The number of H-pyrrole nitrogens is 1. The maximum Gasteiger partial charge on any atom is 0.412 e. The minimum Gasteiger partial charge on any atom is -0.506 e. The van der Waals surface area contributed by atoms with Crippen LogP contribution in [-0.2, 0) is 19.5 Å². The van der Waals surface area contributed by atoms with E-state index >= 15 is 0 Å². The minimum absolute atomic E-state index is 0.0293. The lowest BCUT2D eigenvalue weighted by Crippen LogP contribution is -2.59.